The van der Waals surface area contributed by atoms with Crippen molar-refractivity contribution in [1.82, 2.24) is 9.88 Å². The lowest BCUT2D eigenvalue weighted by Crippen LogP contribution is -2.35. The fourth-order valence-corrected chi connectivity index (χ4v) is 2.08. The average molecular weight is 329 g/mol. The van der Waals surface area contributed by atoms with Crippen molar-refractivity contribution in [2.45, 2.75) is 19.8 Å². The van der Waals surface area contributed by atoms with Gasteiger partial charge in [-0.1, -0.05) is 26.0 Å². The highest BCUT2D eigenvalue weighted by molar-refractivity contribution is 5.88. The first kappa shape index (κ1) is 17.6. The highest BCUT2D eigenvalue weighted by Gasteiger charge is 2.10. The first-order valence-electron chi connectivity index (χ1n) is 7.90. The summed E-state index contributed by atoms with van der Waals surface area (Å²) >= 11 is 0. The van der Waals surface area contributed by atoms with E-state index in [1.54, 1.807) is 19.2 Å². The third kappa shape index (κ3) is 4.87. The summed E-state index contributed by atoms with van der Waals surface area (Å²) < 4.78 is 5.65. The first-order chi connectivity index (χ1) is 11.5. The third-order valence-corrected chi connectivity index (χ3v) is 3.65. The molecule has 1 aromatic carbocycles. The van der Waals surface area contributed by atoms with Crippen LogP contribution in [0.4, 0.5) is 10.5 Å². The lowest BCUT2D eigenvalue weighted by Gasteiger charge is -2.18. The number of nitrogens with one attached hydrogen (secondary N) is 2. The lowest BCUT2D eigenvalue weighted by molar-refractivity contribution is 0.207. The number of hydrogen-bond acceptors (Lipinski definition) is 3. The molecule has 6 heteroatoms. The summed E-state index contributed by atoms with van der Waals surface area (Å²) in [6.07, 6.45) is 1.51. The summed E-state index contributed by atoms with van der Waals surface area (Å²) in [5, 5.41) is 2.57. The van der Waals surface area contributed by atoms with Crippen molar-refractivity contribution >= 4 is 11.7 Å². The van der Waals surface area contributed by atoms with Gasteiger partial charge in [0.05, 0.1) is 6.54 Å². The Labute approximate surface area is 141 Å². The third-order valence-electron chi connectivity index (χ3n) is 3.65. The fraction of sp³-hybridized carbons (Fsp3) is 0.333. The number of carbonyl (C=O) groups is 1. The zero-order valence-electron chi connectivity index (χ0n) is 14.2. The van der Waals surface area contributed by atoms with E-state index in [2.05, 4.69) is 24.1 Å². The second-order valence-electron chi connectivity index (χ2n) is 5.84. The minimum absolute atomic E-state index is 0.222. The quantitative estimate of drug-likeness (QED) is 0.855. The van der Waals surface area contributed by atoms with Crippen molar-refractivity contribution in [2.75, 3.05) is 25.5 Å². The molecule has 6 nitrogen and oxygen atoms in total. The number of hydrogen-bond donors (Lipinski definition) is 2. The Morgan fingerprint density at radius 3 is 2.58 bits per heavy atom. The summed E-state index contributed by atoms with van der Waals surface area (Å²) in [6, 6.07) is 10.8. The van der Waals surface area contributed by atoms with Gasteiger partial charge in [0, 0.05) is 13.2 Å². The van der Waals surface area contributed by atoms with E-state index in [0.717, 1.165) is 5.75 Å². The molecule has 0 radical (unpaired) electrons. The number of urea groups is 1. The van der Waals surface area contributed by atoms with Crippen LogP contribution in [0.25, 0.3) is 0 Å². The van der Waals surface area contributed by atoms with Gasteiger partial charge in [0.1, 0.15) is 18.0 Å². The van der Waals surface area contributed by atoms with Gasteiger partial charge in [0.2, 0.25) is 0 Å². The highest BCUT2D eigenvalue weighted by atomic mass is 16.5. The lowest BCUT2D eigenvalue weighted by atomic mass is 10.0. The van der Waals surface area contributed by atoms with Crippen molar-refractivity contribution in [2.24, 2.45) is 0 Å². The van der Waals surface area contributed by atoms with E-state index < -0.39 is 0 Å². The predicted molar refractivity (Wildman–Crippen MR) is 94.7 cm³/mol. The molecule has 0 saturated carbocycles. The molecule has 2 rings (SSSR count). The standard InChI is InChI=1S/C18H23N3O3/c1-13(2)14-6-8-15(9-7-14)24-12-11-21(3)18(23)20-16-5-4-10-19-17(16)22/h4-10,13H,11-12H2,1-3H3,(H,19,22)(H,20,23). The summed E-state index contributed by atoms with van der Waals surface area (Å²) in [7, 11) is 1.65. The van der Waals surface area contributed by atoms with Gasteiger partial charge >= 0.3 is 6.03 Å². The van der Waals surface area contributed by atoms with E-state index in [0.29, 0.717) is 19.1 Å². The van der Waals surface area contributed by atoms with Gasteiger partial charge in [0.15, 0.2) is 0 Å². The molecule has 0 aliphatic heterocycles. The maximum atomic E-state index is 12.0. The first-order valence-corrected chi connectivity index (χ1v) is 7.90. The number of nitrogens with zero attached hydrogens (tertiary/aromatic N) is 1. The molecular weight excluding hydrogens is 306 g/mol. The van der Waals surface area contributed by atoms with Crippen LogP contribution < -0.4 is 15.6 Å². The number of H-pyrrole nitrogens is 1. The summed E-state index contributed by atoms with van der Waals surface area (Å²) in [5.74, 6) is 1.25. The van der Waals surface area contributed by atoms with E-state index in [9.17, 15) is 9.59 Å². The molecule has 0 fully saturated rings. The minimum atomic E-state index is -0.356. The Hall–Kier alpha value is -2.76. The van der Waals surface area contributed by atoms with E-state index in [-0.39, 0.29) is 17.3 Å². The van der Waals surface area contributed by atoms with Gasteiger partial charge in [-0.25, -0.2) is 4.79 Å². The summed E-state index contributed by atoms with van der Waals surface area (Å²) in [6.45, 7) is 5.06. The van der Waals surface area contributed by atoms with Crippen molar-refractivity contribution in [3.8, 4) is 5.75 Å². The number of rotatable bonds is 6. The normalized spacial score (nSPS) is 10.5. The maximum Gasteiger partial charge on any atom is 0.321 e. The van der Waals surface area contributed by atoms with Gasteiger partial charge < -0.3 is 19.9 Å². The molecule has 0 atom stereocenters. The van der Waals surface area contributed by atoms with Crippen LogP contribution in [0.2, 0.25) is 0 Å². The van der Waals surface area contributed by atoms with Crippen LogP contribution in [0.3, 0.4) is 0 Å². The van der Waals surface area contributed by atoms with Crippen LogP contribution in [0, 0.1) is 0 Å². The molecule has 0 bridgehead atoms. The fourth-order valence-electron chi connectivity index (χ4n) is 2.08. The van der Waals surface area contributed by atoms with Gasteiger partial charge in [0.25, 0.3) is 5.56 Å². The van der Waals surface area contributed by atoms with Crippen LogP contribution >= 0.6 is 0 Å². The zero-order valence-corrected chi connectivity index (χ0v) is 14.2. The molecule has 2 N–H and O–H groups in total. The van der Waals surface area contributed by atoms with Crippen LogP contribution in [-0.4, -0.2) is 36.1 Å². The van der Waals surface area contributed by atoms with E-state index >= 15 is 0 Å². The van der Waals surface area contributed by atoms with Gasteiger partial charge in [-0.05, 0) is 35.7 Å². The molecule has 2 amide bonds. The molecule has 24 heavy (non-hydrogen) atoms. The Morgan fingerprint density at radius 1 is 1.25 bits per heavy atom. The van der Waals surface area contributed by atoms with E-state index in [4.69, 9.17) is 4.74 Å². The molecule has 0 unspecified atom stereocenters. The number of ether oxygens (including phenoxy) is 1. The van der Waals surface area contributed by atoms with Crippen molar-refractivity contribution in [1.29, 1.82) is 0 Å². The topological polar surface area (TPSA) is 74.4 Å². The molecule has 0 aliphatic carbocycles. The molecule has 0 spiro atoms. The second-order valence-corrected chi connectivity index (χ2v) is 5.84. The number of aromatic amines is 1. The van der Waals surface area contributed by atoms with Crippen molar-refractivity contribution in [3.63, 3.8) is 0 Å². The summed E-state index contributed by atoms with van der Waals surface area (Å²) in [5.41, 5.74) is 1.15. The Morgan fingerprint density at radius 2 is 1.96 bits per heavy atom. The monoisotopic (exact) mass is 329 g/mol. The number of benzene rings is 1. The smallest absolute Gasteiger partial charge is 0.321 e. The van der Waals surface area contributed by atoms with Crippen LogP contribution in [0.15, 0.2) is 47.4 Å². The molecule has 2 aromatic rings. The zero-order chi connectivity index (χ0) is 17.5. The Kier molecular flexibility index (Phi) is 6.01. The molecule has 1 heterocycles. The molecular formula is C18H23N3O3. The van der Waals surface area contributed by atoms with E-state index in [1.807, 2.05) is 24.3 Å². The van der Waals surface area contributed by atoms with Gasteiger partial charge in [-0.2, -0.15) is 0 Å². The van der Waals surface area contributed by atoms with Crippen LogP contribution in [0.1, 0.15) is 25.3 Å². The largest absolute Gasteiger partial charge is 0.492 e. The number of aromatic nitrogens is 1. The van der Waals surface area contributed by atoms with Crippen molar-refractivity contribution in [3.05, 3.63) is 58.5 Å². The van der Waals surface area contributed by atoms with Crippen LogP contribution in [0.5, 0.6) is 5.75 Å². The number of amides is 2. The highest BCUT2D eigenvalue weighted by Crippen LogP contribution is 2.18. The minimum Gasteiger partial charge on any atom is -0.492 e. The predicted octanol–water partition coefficient (Wildman–Crippen LogP) is 3.04. The number of pyridine rings is 1. The number of carbonyl (C=O) groups excluding carboxylic acids is 1. The SMILES string of the molecule is CC(C)c1ccc(OCCN(C)C(=O)Nc2ccc[nH]c2=O)cc1. The van der Waals surface area contributed by atoms with Gasteiger partial charge in [-0.15, -0.1) is 0 Å². The molecule has 1 aromatic heterocycles. The Bertz CT molecular complexity index is 723. The average Bonchev–Trinajstić information content (AvgIpc) is 2.57. The van der Waals surface area contributed by atoms with E-state index in [1.165, 1.54) is 16.7 Å². The Balaban J connectivity index is 1.80. The maximum absolute atomic E-state index is 12.0. The summed E-state index contributed by atoms with van der Waals surface area (Å²) in [4.78, 5) is 27.5. The van der Waals surface area contributed by atoms with Crippen molar-refractivity contribution < 1.29 is 9.53 Å². The molecule has 0 aliphatic rings. The second kappa shape index (κ2) is 8.19. The molecule has 128 valence electrons. The van der Waals surface area contributed by atoms with Crippen LogP contribution in [-0.2, 0) is 0 Å². The number of anilines is 1. The molecule has 0 saturated heterocycles. The number of likely N-dealkylation sites (N-methyl/N-ethyl adjacent to an activating group) is 1. The van der Waals surface area contributed by atoms with Gasteiger partial charge in [-0.3, -0.25) is 4.79 Å².